The number of aldehydes is 1. The van der Waals surface area contributed by atoms with E-state index in [-0.39, 0.29) is 6.61 Å². The summed E-state index contributed by atoms with van der Waals surface area (Å²) in [5.74, 6) is 3.13. The molecule has 1 unspecified atom stereocenters. The van der Waals surface area contributed by atoms with Gasteiger partial charge in [0.15, 0.2) is 11.9 Å². The number of piperidine rings is 1. The van der Waals surface area contributed by atoms with Gasteiger partial charge in [0, 0.05) is 108 Å². The summed E-state index contributed by atoms with van der Waals surface area (Å²) in [6, 6.07) is 6.40. The zero-order valence-electron chi connectivity index (χ0n) is 30.2. The number of piperazine rings is 1. The number of carbonyl (C=O) groups is 1. The van der Waals surface area contributed by atoms with Crippen molar-refractivity contribution >= 4 is 29.5 Å². The molecule has 2 fully saturated rings. The van der Waals surface area contributed by atoms with Gasteiger partial charge in [0.1, 0.15) is 11.6 Å². The van der Waals surface area contributed by atoms with Crippen molar-refractivity contribution in [1.82, 2.24) is 39.3 Å². The summed E-state index contributed by atoms with van der Waals surface area (Å²) in [7, 11) is 1.99. The topological polar surface area (TPSA) is 140 Å². The van der Waals surface area contributed by atoms with Crippen LogP contribution in [0.15, 0.2) is 43.0 Å². The van der Waals surface area contributed by atoms with E-state index in [1.165, 1.54) is 6.42 Å². The lowest BCUT2D eigenvalue weighted by Crippen LogP contribution is -2.47. The van der Waals surface area contributed by atoms with Crippen LogP contribution in [0.1, 0.15) is 66.9 Å². The van der Waals surface area contributed by atoms with E-state index >= 15 is 0 Å². The molecule has 2 saturated heterocycles. The summed E-state index contributed by atoms with van der Waals surface area (Å²) in [5, 5.41) is 17.9. The molecule has 14 nitrogen and oxygen atoms in total. The van der Waals surface area contributed by atoms with Crippen molar-refractivity contribution in [3.05, 3.63) is 59.7 Å². The Balaban J connectivity index is 0.910. The molecule has 2 N–H and O–H groups in total. The zero-order chi connectivity index (χ0) is 35.4. The third kappa shape index (κ3) is 9.69. The molecular formula is C37H53N11O3. The molecule has 4 aromatic heterocycles. The fourth-order valence-electron chi connectivity index (χ4n) is 6.98. The minimum absolute atomic E-state index is 0.186. The van der Waals surface area contributed by atoms with E-state index in [4.69, 9.17) is 9.72 Å². The molecule has 0 aromatic carbocycles. The van der Waals surface area contributed by atoms with Gasteiger partial charge < -0.3 is 34.8 Å². The standard InChI is InChI=1S/C37H53N11O3/c1-3-31-27-42-48-33(22-34(43-36(31)48)47-15-5-4-8-32(47)11-20-49)38-23-29-9-10-35(39-24-29)51-21-7-14-46-18-16-45(17-19-46)13-6-12-44(2)37-40-25-30(28-50)26-41-37/h9-10,22,24-28,32,38,49H,3-8,11-21,23H2,1-2H3. The Hall–Kier alpha value is -4.40. The lowest BCUT2D eigenvalue weighted by molar-refractivity contribution is 0.112. The van der Waals surface area contributed by atoms with E-state index < -0.39 is 0 Å². The minimum atomic E-state index is 0.186. The average molecular weight is 700 g/mol. The Morgan fingerprint density at radius 3 is 2.49 bits per heavy atom. The van der Waals surface area contributed by atoms with Gasteiger partial charge in [-0.2, -0.15) is 9.61 Å². The largest absolute Gasteiger partial charge is 0.478 e. The van der Waals surface area contributed by atoms with Gasteiger partial charge in [-0.05, 0) is 57.1 Å². The number of nitrogens with one attached hydrogen (secondary N) is 1. The number of hydrogen-bond acceptors (Lipinski definition) is 13. The lowest BCUT2D eigenvalue weighted by atomic mass is 9.99. The van der Waals surface area contributed by atoms with Gasteiger partial charge >= 0.3 is 0 Å². The first kappa shape index (κ1) is 36.4. The van der Waals surface area contributed by atoms with Crippen molar-refractivity contribution in [3.8, 4) is 5.88 Å². The van der Waals surface area contributed by atoms with E-state index in [0.717, 1.165) is 126 Å². The van der Waals surface area contributed by atoms with Crippen molar-refractivity contribution < 1.29 is 14.6 Å². The summed E-state index contributed by atoms with van der Waals surface area (Å²) in [5.41, 5.74) is 3.55. The fourth-order valence-corrected chi connectivity index (χ4v) is 6.98. The van der Waals surface area contributed by atoms with Crippen LogP contribution < -0.4 is 19.9 Å². The highest BCUT2D eigenvalue weighted by Crippen LogP contribution is 2.29. The van der Waals surface area contributed by atoms with Gasteiger partial charge in [-0.3, -0.25) is 4.79 Å². The van der Waals surface area contributed by atoms with Gasteiger partial charge in [0.2, 0.25) is 11.8 Å². The van der Waals surface area contributed by atoms with E-state index in [9.17, 15) is 9.90 Å². The van der Waals surface area contributed by atoms with Gasteiger partial charge in [-0.25, -0.2) is 19.9 Å². The predicted octanol–water partition coefficient (Wildman–Crippen LogP) is 3.56. The predicted molar refractivity (Wildman–Crippen MR) is 199 cm³/mol. The van der Waals surface area contributed by atoms with Crippen LogP contribution in [-0.4, -0.2) is 129 Å². The lowest BCUT2D eigenvalue weighted by Gasteiger charge is -2.36. The maximum Gasteiger partial charge on any atom is 0.225 e. The van der Waals surface area contributed by atoms with Crippen LogP contribution >= 0.6 is 0 Å². The maximum absolute atomic E-state index is 10.8. The SMILES string of the molecule is CCc1cnn2c(NCc3ccc(OCCCN4CCN(CCCN(C)c5ncc(C=O)cn5)CC4)nc3)cc(N3CCCCC3CCO)nc12. The number of nitrogens with zero attached hydrogens (tertiary/aromatic N) is 10. The first-order chi connectivity index (χ1) is 25.0. The van der Waals surface area contributed by atoms with Crippen LogP contribution in [0.5, 0.6) is 5.88 Å². The molecule has 51 heavy (non-hydrogen) atoms. The molecule has 0 saturated carbocycles. The Kier molecular flexibility index (Phi) is 13.0. The molecule has 0 spiro atoms. The van der Waals surface area contributed by atoms with Crippen LogP contribution in [0, 0.1) is 0 Å². The summed E-state index contributed by atoms with van der Waals surface area (Å²) >= 11 is 0. The molecule has 2 aliphatic rings. The Bertz CT molecular complexity index is 1660. The average Bonchev–Trinajstić information content (AvgIpc) is 3.60. The molecule has 6 heterocycles. The van der Waals surface area contributed by atoms with Crippen molar-refractivity contribution in [2.24, 2.45) is 0 Å². The fraction of sp³-hybridized carbons (Fsp3) is 0.568. The smallest absolute Gasteiger partial charge is 0.225 e. The molecule has 0 amide bonds. The number of anilines is 3. The van der Waals surface area contributed by atoms with Gasteiger partial charge in [-0.1, -0.05) is 13.0 Å². The molecular weight excluding hydrogens is 646 g/mol. The van der Waals surface area contributed by atoms with Crippen LogP contribution in [0.2, 0.25) is 0 Å². The molecule has 274 valence electrons. The molecule has 0 aliphatic carbocycles. The first-order valence-electron chi connectivity index (χ1n) is 18.5. The van der Waals surface area contributed by atoms with Crippen LogP contribution in [0.4, 0.5) is 17.6 Å². The minimum Gasteiger partial charge on any atom is -0.478 e. The van der Waals surface area contributed by atoms with Crippen LogP contribution in [0.25, 0.3) is 5.65 Å². The van der Waals surface area contributed by atoms with Crippen molar-refractivity contribution in [2.75, 3.05) is 87.7 Å². The summed E-state index contributed by atoms with van der Waals surface area (Å²) < 4.78 is 7.90. The van der Waals surface area contributed by atoms with Gasteiger partial charge in [0.05, 0.1) is 18.4 Å². The van der Waals surface area contributed by atoms with Crippen molar-refractivity contribution in [3.63, 3.8) is 0 Å². The quantitative estimate of drug-likeness (QED) is 0.116. The Morgan fingerprint density at radius 2 is 1.78 bits per heavy atom. The molecule has 0 radical (unpaired) electrons. The highest BCUT2D eigenvalue weighted by molar-refractivity contribution is 5.73. The number of aromatic nitrogens is 6. The molecule has 2 aliphatic heterocycles. The van der Waals surface area contributed by atoms with Gasteiger partial charge in [0.25, 0.3) is 0 Å². The summed E-state index contributed by atoms with van der Waals surface area (Å²) in [4.78, 5) is 38.4. The number of aliphatic hydroxyl groups excluding tert-OH is 1. The van der Waals surface area contributed by atoms with E-state index in [2.05, 4.69) is 59.1 Å². The van der Waals surface area contributed by atoms with E-state index in [0.29, 0.717) is 36.6 Å². The molecule has 0 bridgehead atoms. The summed E-state index contributed by atoms with van der Waals surface area (Å²) in [6.07, 6.45) is 14.7. The molecule has 14 heteroatoms. The second-order valence-corrected chi connectivity index (χ2v) is 13.6. The number of aliphatic hydroxyl groups is 1. The second kappa shape index (κ2) is 18.2. The Morgan fingerprint density at radius 1 is 1.00 bits per heavy atom. The van der Waals surface area contributed by atoms with E-state index in [1.54, 1.807) is 12.4 Å². The maximum atomic E-state index is 10.8. The molecule has 1 atom stereocenters. The highest BCUT2D eigenvalue weighted by atomic mass is 16.5. The number of ether oxygens (including phenoxy) is 1. The summed E-state index contributed by atoms with van der Waals surface area (Å²) in [6.45, 7) is 11.7. The molecule has 4 aromatic rings. The number of hydrogen-bond donors (Lipinski definition) is 2. The number of aryl methyl sites for hydroxylation is 1. The third-order valence-corrected chi connectivity index (χ3v) is 10.0. The second-order valence-electron chi connectivity index (χ2n) is 13.6. The number of fused-ring (bicyclic) bond motifs is 1. The van der Waals surface area contributed by atoms with Crippen molar-refractivity contribution in [2.45, 2.75) is 64.5 Å². The Labute approximate surface area is 300 Å². The van der Waals surface area contributed by atoms with Gasteiger partial charge in [-0.15, -0.1) is 0 Å². The zero-order valence-corrected chi connectivity index (χ0v) is 30.2. The normalized spacial score (nSPS) is 17.2. The van der Waals surface area contributed by atoms with E-state index in [1.807, 2.05) is 34.9 Å². The van der Waals surface area contributed by atoms with Crippen molar-refractivity contribution in [1.29, 1.82) is 0 Å². The number of rotatable bonds is 18. The number of pyridine rings is 1. The molecule has 6 rings (SSSR count). The first-order valence-corrected chi connectivity index (χ1v) is 18.5. The third-order valence-electron chi connectivity index (χ3n) is 10.0. The monoisotopic (exact) mass is 699 g/mol. The van der Waals surface area contributed by atoms with Crippen LogP contribution in [0.3, 0.4) is 0 Å². The van der Waals surface area contributed by atoms with Crippen LogP contribution in [-0.2, 0) is 13.0 Å². The number of carbonyl (C=O) groups excluding carboxylic acids is 1. The highest BCUT2D eigenvalue weighted by Gasteiger charge is 2.25.